The second kappa shape index (κ2) is 33.6. The van der Waals surface area contributed by atoms with Gasteiger partial charge in [-0.2, -0.15) is 4.31 Å². The molecule has 26 atom stereocenters. The third kappa shape index (κ3) is 19.7. The lowest BCUT2D eigenvalue weighted by Gasteiger charge is -2.47. The number of H-pyrrole nitrogens is 1. The molecule has 0 radical (unpaired) electrons. The number of aliphatic hydroxyl groups excluding tert-OH is 13. The van der Waals surface area contributed by atoms with Crippen LogP contribution in [-0.2, 0) is 79.5 Å². The average molecular weight is 1340 g/mol. The lowest BCUT2D eigenvalue weighted by atomic mass is 9.96. The van der Waals surface area contributed by atoms with Gasteiger partial charge in [0.1, 0.15) is 110 Å². The van der Waals surface area contributed by atoms with Gasteiger partial charge in [0.05, 0.1) is 45.4 Å². The maximum atomic E-state index is 13.5. The Balaban J connectivity index is 1.10. The first-order chi connectivity index (χ1) is 41.5. The van der Waals surface area contributed by atoms with Crippen molar-refractivity contribution in [1.82, 2.24) is 20.2 Å². The number of rotatable bonds is 31. The van der Waals surface area contributed by atoms with E-state index in [2.05, 4.69) is 24.2 Å². The van der Waals surface area contributed by atoms with E-state index in [9.17, 15) is 109 Å². The van der Waals surface area contributed by atoms with Gasteiger partial charge in [0.2, 0.25) is 11.8 Å². The number of thioether (sulfide) groups is 1. The Hall–Kier alpha value is -3.14. The molecule has 2 unspecified atom stereocenters. The van der Waals surface area contributed by atoms with E-state index >= 15 is 0 Å². The maximum absolute atomic E-state index is 13.5. The number of nitrogens with zero attached hydrogens (tertiary/aromatic N) is 1. The Morgan fingerprint density at radius 2 is 1.18 bits per heavy atom. The monoisotopic (exact) mass is 1340 g/mol. The fourth-order valence-corrected chi connectivity index (χ4v) is 12.9. The second-order valence-corrected chi connectivity index (χ2v) is 25.0. The molecule has 18 N–H and O–H groups in total. The van der Waals surface area contributed by atoms with Crippen molar-refractivity contribution in [3.05, 3.63) is 33.1 Å². The number of amides is 2. The van der Waals surface area contributed by atoms with Crippen molar-refractivity contribution in [3.63, 3.8) is 0 Å². The molecule has 88 heavy (non-hydrogen) atoms. The number of aromatic nitrogens is 2. The van der Waals surface area contributed by atoms with Gasteiger partial charge >= 0.3 is 27.3 Å². The summed E-state index contributed by atoms with van der Waals surface area (Å²) in [4.78, 5) is 83.7. The van der Waals surface area contributed by atoms with Gasteiger partial charge in [0, 0.05) is 38.0 Å². The number of carbonyl (C=O) groups excluding carboxylic acids is 3. The van der Waals surface area contributed by atoms with E-state index in [4.69, 9.17) is 42.4 Å². The van der Waals surface area contributed by atoms with Crippen LogP contribution in [0.15, 0.2) is 21.9 Å². The van der Waals surface area contributed by atoms with Crippen molar-refractivity contribution >= 4 is 45.2 Å². The molecule has 0 bridgehead atoms. The number of hydrogen-bond donors (Lipinski definition) is 18. The molecule has 506 valence electrons. The van der Waals surface area contributed by atoms with Gasteiger partial charge in [-0.1, -0.05) is 25.7 Å². The number of aromatic amines is 1. The molecule has 0 aromatic carbocycles. The van der Waals surface area contributed by atoms with Crippen LogP contribution in [0.25, 0.3) is 0 Å². The average Bonchev–Trinajstić information content (AvgIpc) is 1.14. The molecule has 0 aliphatic carbocycles. The van der Waals surface area contributed by atoms with Crippen LogP contribution in [0.4, 0.5) is 0 Å². The Bertz CT molecular complexity index is 2620. The van der Waals surface area contributed by atoms with Gasteiger partial charge in [-0.05, 0) is 12.8 Å². The third-order valence-corrected chi connectivity index (χ3v) is 18.2. The van der Waals surface area contributed by atoms with Crippen LogP contribution >= 0.6 is 27.4 Å². The molecular weight excluding hydrogens is 1260 g/mol. The van der Waals surface area contributed by atoms with Crippen LogP contribution in [0, 0.1) is 0 Å². The van der Waals surface area contributed by atoms with Crippen molar-refractivity contribution in [2.45, 2.75) is 199 Å². The molecule has 1 aromatic heterocycles. The summed E-state index contributed by atoms with van der Waals surface area (Å²) in [6.07, 6.45) is -35.2. The van der Waals surface area contributed by atoms with E-state index in [0.717, 1.165) is 38.4 Å². The number of unbranched alkanes of at least 4 members (excludes halogenated alkanes) is 5. The van der Waals surface area contributed by atoms with E-state index < -0.39 is 224 Å². The van der Waals surface area contributed by atoms with Crippen LogP contribution in [0.3, 0.4) is 0 Å². The summed E-state index contributed by atoms with van der Waals surface area (Å²) < 4.78 is 91.2. The maximum Gasteiger partial charge on any atom is 0.483 e. The van der Waals surface area contributed by atoms with Gasteiger partial charge in [-0.25, -0.2) is 13.9 Å². The third-order valence-electron chi connectivity index (χ3n) is 14.6. The minimum Gasteiger partial charge on any atom is -0.469 e. The molecule has 5 saturated heterocycles. The van der Waals surface area contributed by atoms with Crippen LogP contribution in [-0.4, -0.2) is 296 Å². The Morgan fingerprint density at radius 3 is 1.81 bits per heavy atom. The Labute approximate surface area is 503 Å². The molecule has 6 rings (SSSR count). The summed E-state index contributed by atoms with van der Waals surface area (Å²) in [5, 5.41) is 144. The number of methoxy groups -OCH3 is 1. The molecular formula is C47H78N4O34P2S. The molecule has 0 spiro atoms. The standard InChI is InChI=1S/C47H78N4O34P2S/c1-19(54)48-28-35(63)30(58)20(13-52)79-43(28)83-41-38(66)34(62)24(82-46(41)76-15-22-32(60)37(65)40(68)45(81-22)75-12-8-6-4-3-5-7-9-27(57)74-2)17-88-18-26(56)49-29-36(64)31(59)21(14-53)80-44(29)84-87(72,73)85-86(70,71)77-16-23-33(61)39(67)42(78-23)51-11-10-25(55)50-47(51)69/h10-11,20-24,28-46,52-53,58-68H,3-9,12-18H2,1-2H3,(H,48,54)(H,49,56)(H,70,71)(H,72,73)(H,50,55,69)/t20-,21-,22-,23-,24-,28-,29-,30-,31-,32-,33-,34-,35-,36-,37+,38+,39-,40+,41+,42-,43+,44-,45-,46+/m1/s1. The number of phosphoric ester groups is 2. The summed E-state index contributed by atoms with van der Waals surface area (Å²) in [6, 6.07) is -2.80. The lowest BCUT2D eigenvalue weighted by Crippen LogP contribution is -2.67. The van der Waals surface area contributed by atoms with Gasteiger partial charge in [-0.3, -0.25) is 37.8 Å². The van der Waals surface area contributed by atoms with Crippen molar-refractivity contribution in [3.8, 4) is 0 Å². The molecule has 38 nitrogen and oxygen atoms in total. The fourth-order valence-electron chi connectivity index (χ4n) is 9.84. The van der Waals surface area contributed by atoms with E-state index in [-0.39, 0.29) is 12.6 Å². The molecule has 6 heterocycles. The van der Waals surface area contributed by atoms with Gasteiger partial charge in [0.25, 0.3) is 5.56 Å². The summed E-state index contributed by atoms with van der Waals surface area (Å²) in [5.41, 5.74) is -1.89. The van der Waals surface area contributed by atoms with E-state index in [1.54, 1.807) is 0 Å². The summed E-state index contributed by atoms with van der Waals surface area (Å²) in [7, 11) is -10.5. The number of aliphatic hydroxyl groups is 13. The molecule has 0 saturated carbocycles. The zero-order chi connectivity index (χ0) is 64.9. The number of esters is 1. The SMILES string of the molecule is COC(=O)CCCCCCCCO[C@@H]1O[C@H](CO[C@H]2O[C@H](CSCC(=O)N[C@H]3[C@@H](OP(=O)(O)OP(=O)(O)OC[C@H]4O[C@@H](n5ccc(=O)[nH]c5=O)[C@H](O)[C@@H]4O)O[C@H](CO)[C@@H](O)[C@@H]3O)[C@@H](O)[C@H](O)[C@@H]2O[C@@H]2O[C@H](CO)[C@@H](O)[C@H](O)[C@H]2NC(C)=O)[C@@H](O)[C@H](O)[C@@H]1O. The van der Waals surface area contributed by atoms with Gasteiger partial charge in [-0.15, -0.1) is 11.8 Å². The number of hydrogen-bond acceptors (Lipinski definition) is 33. The summed E-state index contributed by atoms with van der Waals surface area (Å²) in [5.74, 6) is -3.33. The summed E-state index contributed by atoms with van der Waals surface area (Å²) in [6.45, 7) is -2.82. The highest BCUT2D eigenvalue weighted by molar-refractivity contribution is 8.00. The van der Waals surface area contributed by atoms with Gasteiger partial charge in [0.15, 0.2) is 31.4 Å². The van der Waals surface area contributed by atoms with E-state index in [0.29, 0.717) is 42.0 Å². The van der Waals surface area contributed by atoms with Crippen molar-refractivity contribution < 1.29 is 156 Å². The van der Waals surface area contributed by atoms with Crippen LogP contribution in [0.5, 0.6) is 0 Å². The Morgan fingerprint density at radius 1 is 0.625 bits per heavy atom. The summed E-state index contributed by atoms with van der Waals surface area (Å²) >= 11 is 0.642. The highest BCUT2D eigenvalue weighted by atomic mass is 32.2. The zero-order valence-corrected chi connectivity index (χ0v) is 49.7. The lowest BCUT2D eigenvalue weighted by molar-refractivity contribution is -0.360. The highest BCUT2D eigenvalue weighted by Crippen LogP contribution is 2.61. The van der Waals surface area contributed by atoms with Crippen LogP contribution in [0.1, 0.15) is 58.1 Å². The first kappa shape index (κ1) is 73.9. The quantitative estimate of drug-likeness (QED) is 0.0186. The zero-order valence-electron chi connectivity index (χ0n) is 47.1. The molecule has 5 fully saturated rings. The largest absolute Gasteiger partial charge is 0.483 e. The predicted molar refractivity (Wildman–Crippen MR) is 286 cm³/mol. The number of phosphoric acid groups is 2. The molecule has 5 aliphatic rings. The van der Waals surface area contributed by atoms with Crippen molar-refractivity contribution in [2.75, 3.05) is 51.6 Å². The first-order valence-corrected chi connectivity index (χ1v) is 31.7. The van der Waals surface area contributed by atoms with E-state index in [1.807, 2.05) is 4.98 Å². The minimum atomic E-state index is -5.98. The van der Waals surface area contributed by atoms with Crippen molar-refractivity contribution in [1.29, 1.82) is 0 Å². The molecule has 1 aromatic rings. The smallest absolute Gasteiger partial charge is 0.469 e. The first-order valence-electron chi connectivity index (χ1n) is 27.6. The topological polar surface area (TPSA) is 578 Å². The molecule has 41 heteroatoms. The molecule has 5 aliphatic heterocycles. The van der Waals surface area contributed by atoms with E-state index in [1.165, 1.54) is 7.11 Å². The normalized spacial score (nSPS) is 38.4. The highest BCUT2D eigenvalue weighted by Gasteiger charge is 2.54. The fraction of sp³-hybridized carbons (Fsp3) is 0.851. The van der Waals surface area contributed by atoms with Gasteiger partial charge < -0.3 is 129 Å². The minimum absolute atomic E-state index is 0.0342. The number of nitrogens with one attached hydrogen (secondary N) is 3. The van der Waals surface area contributed by atoms with Crippen LogP contribution in [0.2, 0.25) is 0 Å². The Kier molecular flexibility index (Phi) is 28.2. The number of ether oxygens (including phenoxy) is 9. The van der Waals surface area contributed by atoms with Crippen molar-refractivity contribution in [2.24, 2.45) is 0 Å². The predicted octanol–water partition coefficient (Wildman–Crippen LogP) is -8.42. The number of carbonyl (C=O) groups is 3. The second-order valence-electron chi connectivity index (χ2n) is 21.0. The molecule has 2 amide bonds. The van der Waals surface area contributed by atoms with Crippen LogP contribution < -0.4 is 21.9 Å².